The van der Waals surface area contributed by atoms with Crippen molar-refractivity contribution < 1.29 is 9.84 Å². The molecule has 0 amide bonds. The Morgan fingerprint density at radius 1 is 1.29 bits per heavy atom. The highest BCUT2D eigenvalue weighted by Gasteiger charge is 2.04. The summed E-state index contributed by atoms with van der Waals surface area (Å²) in [5, 5.41) is 8.90. The van der Waals surface area contributed by atoms with E-state index in [0.717, 1.165) is 12.0 Å². The van der Waals surface area contributed by atoms with E-state index >= 15 is 0 Å². The van der Waals surface area contributed by atoms with Crippen molar-refractivity contribution in [3.8, 4) is 5.88 Å². The summed E-state index contributed by atoms with van der Waals surface area (Å²) in [5.41, 5.74) is 0.813. The number of ether oxygens (including phenoxy) is 1. The molecule has 1 N–H and O–H groups in total. The van der Waals surface area contributed by atoms with Crippen LogP contribution in [0, 0.1) is 0 Å². The molecule has 1 aromatic rings. The average molecular weight is 237 g/mol. The molecule has 0 spiro atoms. The maximum Gasteiger partial charge on any atom is 0.213 e. The molecule has 0 saturated heterocycles. The van der Waals surface area contributed by atoms with Gasteiger partial charge < -0.3 is 9.84 Å². The van der Waals surface area contributed by atoms with Crippen LogP contribution < -0.4 is 4.74 Å². The van der Waals surface area contributed by atoms with Gasteiger partial charge >= 0.3 is 0 Å². The smallest absolute Gasteiger partial charge is 0.213 e. The Balaban J connectivity index is 2.26. The van der Waals surface area contributed by atoms with Gasteiger partial charge in [0.15, 0.2) is 0 Å². The zero-order chi connectivity index (χ0) is 12.5. The fourth-order valence-electron chi connectivity index (χ4n) is 1.70. The molecule has 1 aromatic heterocycles. The lowest BCUT2D eigenvalue weighted by Gasteiger charge is -2.13. The minimum Gasteiger partial charge on any atom is -0.475 e. The van der Waals surface area contributed by atoms with Gasteiger partial charge in [-0.2, -0.15) is 0 Å². The molecule has 0 aliphatic heterocycles. The van der Waals surface area contributed by atoms with Crippen molar-refractivity contribution in [2.24, 2.45) is 0 Å². The van der Waals surface area contributed by atoms with Gasteiger partial charge in [-0.05, 0) is 31.4 Å². The van der Waals surface area contributed by atoms with Crippen molar-refractivity contribution in [3.63, 3.8) is 0 Å². The zero-order valence-electron chi connectivity index (χ0n) is 10.9. The third-order valence-corrected chi connectivity index (χ3v) is 2.77. The molecule has 1 heterocycles. The molecule has 0 fully saturated rings. The van der Waals surface area contributed by atoms with Crippen molar-refractivity contribution in [2.45, 2.75) is 58.7 Å². The number of unbranched alkanes of at least 4 members (excludes halogenated alkanes) is 3. The van der Waals surface area contributed by atoms with Crippen molar-refractivity contribution >= 4 is 0 Å². The van der Waals surface area contributed by atoms with Crippen molar-refractivity contribution in [2.75, 3.05) is 0 Å². The van der Waals surface area contributed by atoms with Gasteiger partial charge in [-0.3, -0.25) is 0 Å². The van der Waals surface area contributed by atoms with E-state index in [2.05, 4.69) is 18.8 Å². The molecule has 1 unspecified atom stereocenters. The van der Waals surface area contributed by atoms with E-state index in [1.165, 1.54) is 25.7 Å². The predicted octanol–water partition coefficient (Wildman–Crippen LogP) is 3.31. The van der Waals surface area contributed by atoms with Gasteiger partial charge in [-0.25, -0.2) is 4.98 Å². The van der Waals surface area contributed by atoms with Crippen LogP contribution in [-0.4, -0.2) is 16.2 Å². The van der Waals surface area contributed by atoms with Crippen LogP contribution in [0.2, 0.25) is 0 Å². The van der Waals surface area contributed by atoms with Crippen LogP contribution in [0.25, 0.3) is 0 Å². The first-order chi connectivity index (χ1) is 8.26. The second kappa shape index (κ2) is 8.07. The lowest BCUT2D eigenvalue weighted by molar-refractivity contribution is 0.198. The highest BCUT2D eigenvalue weighted by molar-refractivity contribution is 5.17. The Morgan fingerprint density at radius 2 is 2.12 bits per heavy atom. The zero-order valence-corrected chi connectivity index (χ0v) is 10.9. The van der Waals surface area contributed by atoms with Gasteiger partial charge in [0, 0.05) is 12.3 Å². The van der Waals surface area contributed by atoms with Gasteiger partial charge in [0.05, 0.1) is 12.7 Å². The molecule has 0 aliphatic rings. The number of aromatic nitrogens is 1. The lowest BCUT2D eigenvalue weighted by Crippen LogP contribution is -2.12. The highest BCUT2D eigenvalue weighted by Crippen LogP contribution is 2.13. The van der Waals surface area contributed by atoms with Crippen LogP contribution in [0.4, 0.5) is 0 Å². The van der Waals surface area contributed by atoms with Gasteiger partial charge in [-0.1, -0.05) is 26.2 Å². The van der Waals surface area contributed by atoms with Crippen molar-refractivity contribution in [1.29, 1.82) is 0 Å². The highest BCUT2D eigenvalue weighted by atomic mass is 16.5. The SMILES string of the molecule is CCCCCCC(C)Oc1ccc(CO)cn1. The first-order valence-corrected chi connectivity index (χ1v) is 6.48. The molecule has 17 heavy (non-hydrogen) atoms. The Hall–Kier alpha value is -1.09. The summed E-state index contributed by atoms with van der Waals surface area (Å²) >= 11 is 0. The van der Waals surface area contributed by atoms with Crippen LogP contribution >= 0.6 is 0 Å². The van der Waals surface area contributed by atoms with E-state index in [0.29, 0.717) is 5.88 Å². The number of hydrogen-bond acceptors (Lipinski definition) is 3. The Morgan fingerprint density at radius 3 is 2.71 bits per heavy atom. The molecule has 96 valence electrons. The molecule has 0 bridgehead atoms. The quantitative estimate of drug-likeness (QED) is 0.705. The number of pyridine rings is 1. The Bertz CT molecular complexity index is 298. The third kappa shape index (κ3) is 5.68. The first-order valence-electron chi connectivity index (χ1n) is 6.48. The molecule has 3 nitrogen and oxygen atoms in total. The lowest BCUT2D eigenvalue weighted by atomic mass is 10.1. The van der Waals surface area contributed by atoms with Gasteiger partial charge in [0.1, 0.15) is 0 Å². The molecule has 0 aliphatic carbocycles. The van der Waals surface area contributed by atoms with E-state index < -0.39 is 0 Å². The maximum atomic E-state index is 8.90. The largest absolute Gasteiger partial charge is 0.475 e. The summed E-state index contributed by atoms with van der Waals surface area (Å²) in [7, 11) is 0. The molecule has 1 atom stereocenters. The number of aliphatic hydroxyl groups excluding tert-OH is 1. The predicted molar refractivity (Wildman–Crippen MR) is 69.0 cm³/mol. The topological polar surface area (TPSA) is 42.4 Å². The fourth-order valence-corrected chi connectivity index (χ4v) is 1.70. The van der Waals surface area contributed by atoms with Crippen LogP contribution in [0.5, 0.6) is 5.88 Å². The number of hydrogen-bond donors (Lipinski definition) is 1. The summed E-state index contributed by atoms with van der Waals surface area (Å²) in [6.07, 6.45) is 7.99. The van der Waals surface area contributed by atoms with E-state index in [1.807, 2.05) is 12.1 Å². The van der Waals surface area contributed by atoms with E-state index in [4.69, 9.17) is 9.84 Å². The number of rotatable bonds is 8. The molecule has 0 saturated carbocycles. The summed E-state index contributed by atoms with van der Waals surface area (Å²) in [6, 6.07) is 3.65. The average Bonchev–Trinajstić information content (AvgIpc) is 2.36. The second-order valence-corrected chi connectivity index (χ2v) is 4.44. The fraction of sp³-hybridized carbons (Fsp3) is 0.643. The van der Waals surface area contributed by atoms with Crippen LogP contribution in [0.3, 0.4) is 0 Å². The molecule has 3 heteroatoms. The van der Waals surface area contributed by atoms with Gasteiger partial charge in [0.2, 0.25) is 5.88 Å². The summed E-state index contributed by atoms with van der Waals surface area (Å²) in [6.45, 7) is 4.32. The molecular weight excluding hydrogens is 214 g/mol. The van der Waals surface area contributed by atoms with Crippen molar-refractivity contribution in [1.82, 2.24) is 4.98 Å². The van der Waals surface area contributed by atoms with Gasteiger partial charge in [-0.15, -0.1) is 0 Å². The van der Waals surface area contributed by atoms with E-state index in [1.54, 1.807) is 6.20 Å². The first kappa shape index (κ1) is 14.0. The van der Waals surface area contributed by atoms with Crippen LogP contribution in [0.15, 0.2) is 18.3 Å². The Labute approximate surface area is 104 Å². The van der Waals surface area contributed by atoms with Gasteiger partial charge in [0.25, 0.3) is 0 Å². The summed E-state index contributed by atoms with van der Waals surface area (Å²) < 4.78 is 5.70. The number of nitrogens with zero attached hydrogens (tertiary/aromatic N) is 1. The normalized spacial score (nSPS) is 12.4. The molecule has 0 radical (unpaired) electrons. The minimum atomic E-state index is 0.0276. The summed E-state index contributed by atoms with van der Waals surface area (Å²) in [4.78, 5) is 4.15. The third-order valence-electron chi connectivity index (χ3n) is 2.77. The molecular formula is C14H23NO2. The van der Waals surface area contributed by atoms with E-state index in [9.17, 15) is 0 Å². The molecule has 0 aromatic carbocycles. The monoisotopic (exact) mass is 237 g/mol. The van der Waals surface area contributed by atoms with Crippen LogP contribution in [0.1, 0.15) is 51.5 Å². The standard InChI is InChI=1S/C14H23NO2/c1-3-4-5-6-7-12(2)17-14-9-8-13(11-16)10-15-14/h8-10,12,16H,3-7,11H2,1-2H3. The summed E-state index contributed by atoms with van der Waals surface area (Å²) in [5.74, 6) is 0.644. The second-order valence-electron chi connectivity index (χ2n) is 4.44. The number of aliphatic hydroxyl groups is 1. The van der Waals surface area contributed by atoms with Crippen LogP contribution in [-0.2, 0) is 6.61 Å². The van der Waals surface area contributed by atoms with E-state index in [-0.39, 0.29) is 12.7 Å². The molecule has 1 rings (SSSR count). The minimum absolute atomic E-state index is 0.0276. The van der Waals surface area contributed by atoms with Crippen molar-refractivity contribution in [3.05, 3.63) is 23.9 Å². The Kier molecular flexibility index (Phi) is 6.63. The maximum absolute atomic E-state index is 8.90.